The van der Waals surface area contributed by atoms with Crippen LogP contribution < -0.4 is 10.6 Å². The van der Waals surface area contributed by atoms with E-state index in [9.17, 15) is 14.4 Å². The maximum atomic E-state index is 12.8. The van der Waals surface area contributed by atoms with E-state index in [0.29, 0.717) is 6.42 Å². The lowest BCUT2D eigenvalue weighted by Crippen LogP contribution is -2.56. The van der Waals surface area contributed by atoms with E-state index in [1.165, 1.54) is 11.1 Å². The van der Waals surface area contributed by atoms with Crippen LogP contribution in [0.4, 0.5) is 4.79 Å². The summed E-state index contributed by atoms with van der Waals surface area (Å²) in [5.74, 6) is -0.767. The van der Waals surface area contributed by atoms with Crippen molar-refractivity contribution in [3.63, 3.8) is 0 Å². The molecule has 0 heterocycles. The van der Waals surface area contributed by atoms with Gasteiger partial charge in [0, 0.05) is 24.8 Å². The van der Waals surface area contributed by atoms with E-state index >= 15 is 0 Å². The minimum atomic E-state index is -0.789. The molecule has 2 atom stereocenters. The zero-order valence-electron chi connectivity index (χ0n) is 19.8. The summed E-state index contributed by atoms with van der Waals surface area (Å²) in [6.45, 7) is 0.245. The molecule has 0 aromatic heterocycles. The SMILES string of the molecule is O=C(O)CC1CCC(NC(=O)CC2(NC(=O)OCC3c4ccccc4-c4ccccc43)CCC2)C1. The Balaban J connectivity index is 1.15. The number of carboxylic acid groups (broad SMARTS) is 1. The maximum absolute atomic E-state index is 12.8. The molecule has 35 heavy (non-hydrogen) atoms. The Morgan fingerprint density at radius 1 is 0.971 bits per heavy atom. The van der Waals surface area contributed by atoms with Crippen LogP contribution in [0.5, 0.6) is 0 Å². The zero-order chi connectivity index (χ0) is 24.4. The van der Waals surface area contributed by atoms with Crippen molar-refractivity contribution in [2.75, 3.05) is 6.61 Å². The molecule has 0 radical (unpaired) electrons. The third-order valence-corrected chi connectivity index (χ3v) is 7.89. The van der Waals surface area contributed by atoms with Crippen LogP contribution in [0.15, 0.2) is 48.5 Å². The predicted octanol–water partition coefficient (Wildman–Crippen LogP) is 4.60. The van der Waals surface area contributed by atoms with Crippen molar-refractivity contribution in [3.8, 4) is 11.1 Å². The largest absolute Gasteiger partial charge is 0.481 e. The first-order chi connectivity index (χ1) is 16.9. The number of amides is 2. The normalized spacial score (nSPS) is 21.9. The summed E-state index contributed by atoms with van der Waals surface area (Å²) in [7, 11) is 0. The molecule has 2 fully saturated rings. The van der Waals surface area contributed by atoms with Gasteiger partial charge in [0.05, 0.1) is 5.54 Å². The number of hydrogen-bond donors (Lipinski definition) is 3. The third-order valence-electron chi connectivity index (χ3n) is 7.89. The quantitative estimate of drug-likeness (QED) is 0.517. The van der Waals surface area contributed by atoms with Crippen LogP contribution in [0.1, 0.15) is 68.4 Å². The highest BCUT2D eigenvalue weighted by Crippen LogP contribution is 2.44. The number of nitrogens with one attached hydrogen (secondary N) is 2. The molecule has 184 valence electrons. The predicted molar refractivity (Wildman–Crippen MR) is 131 cm³/mol. The van der Waals surface area contributed by atoms with E-state index in [2.05, 4.69) is 34.9 Å². The van der Waals surface area contributed by atoms with Crippen LogP contribution in [0.3, 0.4) is 0 Å². The summed E-state index contributed by atoms with van der Waals surface area (Å²) < 4.78 is 5.70. The molecule has 2 aromatic carbocycles. The van der Waals surface area contributed by atoms with Gasteiger partial charge in [0.1, 0.15) is 6.61 Å². The fourth-order valence-corrected chi connectivity index (χ4v) is 6.02. The van der Waals surface area contributed by atoms with Gasteiger partial charge in [-0.2, -0.15) is 0 Å². The molecule has 3 aliphatic carbocycles. The molecular formula is C28H32N2O5. The molecule has 7 nitrogen and oxygen atoms in total. The van der Waals surface area contributed by atoms with Crippen LogP contribution in [0.2, 0.25) is 0 Å². The number of carbonyl (C=O) groups excluding carboxylic acids is 2. The van der Waals surface area contributed by atoms with Crippen molar-refractivity contribution in [2.45, 2.75) is 68.9 Å². The van der Waals surface area contributed by atoms with Crippen LogP contribution in [0.25, 0.3) is 11.1 Å². The number of alkyl carbamates (subject to hydrolysis) is 1. The van der Waals surface area contributed by atoms with Crippen molar-refractivity contribution in [2.24, 2.45) is 5.92 Å². The minimum absolute atomic E-state index is 0.00472. The van der Waals surface area contributed by atoms with Crippen molar-refractivity contribution in [1.82, 2.24) is 10.6 Å². The molecular weight excluding hydrogens is 444 g/mol. The number of hydrogen-bond acceptors (Lipinski definition) is 4. The van der Waals surface area contributed by atoms with E-state index in [4.69, 9.17) is 9.84 Å². The van der Waals surface area contributed by atoms with E-state index in [-0.39, 0.29) is 43.2 Å². The molecule has 2 aromatic rings. The average molecular weight is 477 g/mol. The smallest absolute Gasteiger partial charge is 0.407 e. The minimum Gasteiger partial charge on any atom is -0.481 e. The molecule has 5 rings (SSSR count). The van der Waals surface area contributed by atoms with Gasteiger partial charge >= 0.3 is 12.1 Å². The first kappa shape index (κ1) is 23.4. The molecule has 3 N–H and O–H groups in total. The van der Waals surface area contributed by atoms with E-state index in [1.54, 1.807) is 0 Å². The highest BCUT2D eigenvalue weighted by atomic mass is 16.5. The van der Waals surface area contributed by atoms with Crippen molar-refractivity contribution < 1.29 is 24.2 Å². The first-order valence-corrected chi connectivity index (χ1v) is 12.6. The summed E-state index contributed by atoms with van der Waals surface area (Å²) in [6.07, 6.45) is 4.66. The van der Waals surface area contributed by atoms with Gasteiger partial charge in [-0.15, -0.1) is 0 Å². The number of aliphatic carboxylic acids is 1. The topological polar surface area (TPSA) is 105 Å². The molecule has 0 bridgehead atoms. The summed E-state index contributed by atoms with van der Waals surface area (Å²) in [6, 6.07) is 16.4. The Labute approximate surface area is 205 Å². The number of rotatable bonds is 8. The lowest BCUT2D eigenvalue weighted by Gasteiger charge is -2.41. The van der Waals surface area contributed by atoms with E-state index < -0.39 is 17.6 Å². The van der Waals surface area contributed by atoms with Gasteiger partial charge in [-0.1, -0.05) is 48.5 Å². The van der Waals surface area contributed by atoms with Crippen LogP contribution >= 0.6 is 0 Å². The number of benzene rings is 2. The van der Waals surface area contributed by atoms with Crippen molar-refractivity contribution in [1.29, 1.82) is 0 Å². The van der Waals surface area contributed by atoms with Gasteiger partial charge in [-0.25, -0.2) is 4.79 Å². The van der Waals surface area contributed by atoms with Gasteiger partial charge in [0.2, 0.25) is 5.91 Å². The number of carboxylic acids is 1. The summed E-state index contributed by atoms with van der Waals surface area (Å²) in [5.41, 5.74) is 4.13. The van der Waals surface area contributed by atoms with Crippen molar-refractivity contribution in [3.05, 3.63) is 59.7 Å². The molecule has 2 unspecified atom stereocenters. The Morgan fingerprint density at radius 3 is 2.23 bits per heavy atom. The fourth-order valence-electron chi connectivity index (χ4n) is 6.02. The lowest BCUT2D eigenvalue weighted by atomic mass is 9.74. The third kappa shape index (κ3) is 5.04. The second kappa shape index (κ2) is 9.72. The number of ether oxygens (including phenoxy) is 1. The molecule has 7 heteroatoms. The molecule has 0 spiro atoms. The summed E-state index contributed by atoms with van der Waals surface area (Å²) >= 11 is 0. The van der Waals surface area contributed by atoms with Gasteiger partial charge < -0.3 is 20.5 Å². The van der Waals surface area contributed by atoms with Gasteiger partial charge in [-0.3, -0.25) is 9.59 Å². The van der Waals surface area contributed by atoms with Gasteiger partial charge in [-0.05, 0) is 66.7 Å². The number of fused-ring (bicyclic) bond motifs is 3. The van der Waals surface area contributed by atoms with Crippen LogP contribution in [0, 0.1) is 5.92 Å². The molecule has 3 aliphatic rings. The van der Waals surface area contributed by atoms with Gasteiger partial charge in [0.15, 0.2) is 0 Å². The lowest BCUT2D eigenvalue weighted by molar-refractivity contribution is -0.138. The fraction of sp³-hybridized carbons (Fsp3) is 0.464. The molecule has 2 amide bonds. The van der Waals surface area contributed by atoms with Crippen molar-refractivity contribution >= 4 is 18.0 Å². The second-order valence-electron chi connectivity index (χ2n) is 10.3. The standard InChI is InChI=1S/C28H32N2O5/c31-25(29-19-11-10-18(14-19)15-26(32)33)16-28(12-5-13-28)30-27(34)35-17-24-22-8-3-1-6-20(22)21-7-2-4-9-23(21)24/h1-4,6-9,18-19,24H,5,10-17H2,(H,29,31)(H,30,34)(H,32,33). The molecule has 0 aliphatic heterocycles. The monoisotopic (exact) mass is 476 g/mol. The Morgan fingerprint density at radius 2 is 1.63 bits per heavy atom. The molecule has 2 saturated carbocycles. The Bertz CT molecular complexity index is 1080. The summed E-state index contributed by atoms with van der Waals surface area (Å²) in [4.78, 5) is 36.5. The van der Waals surface area contributed by atoms with E-state index in [1.807, 2.05) is 24.3 Å². The first-order valence-electron chi connectivity index (χ1n) is 12.6. The Hall–Kier alpha value is -3.35. The molecule has 0 saturated heterocycles. The van der Waals surface area contributed by atoms with E-state index in [0.717, 1.165) is 43.2 Å². The van der Waals surface area contributed by atoms with Crippen LogP contribution in [-0.4, -0.2) is 41.3 Å². The Kier molecular flexibility index (Phi) is 6.50. The highest BCUT2D eigenvalue weighted by Gasteiger charge is 2.41. The number of carbonyl (C=O) groups is 3. The average Bonchev–Trinajstić information content (AvgIpc) is 3.37. The summed E-state index contributed by atoms with van der Waals surface area (Å²) in [5, 5.41) is 15.0. The second-order valence-corrected chi connectivity index (χ2v) is 10.3. The van der Waals surface area contributed by atoms with Gasteiger partial charge in [0.25, 0.3) is 0 Å². The maximum Gasteiger partial charge on any atom is 0.407 e. The van der Waals surface area contributed by atoms with Crippen LogP contribution in [-0.2, 0) is 14.3 Å². The highest BCUT2D eigenvalue weighted by molar-refractivity contribution is 5.80. The zero-order valence-corrected chi connectivity index (χ0v) is 19.8.